The van der Waals surface area contributed by atoms with Gasteiger partial charge in [-0.3, -0.25) is 4.99 Å². The summed E-state index contributed by atoms with van der Waals surface area (Å²) in [5.41, 5.74) is 0.140. The van der Waals surface area contributed by atoms with E-state index in [1.54, 1.807) is 13.4 Å². The minimum atomic E-state index is 0.140. The first-order valence-corrected chi connectivity index (χ1v) is 9.15. The molecule has 1 aliphatic carbocycles. The number of furan rings is 1. The lowest BCUT2D eigenvalue weighted by molar-refractivity contribution is 0.155. The molecule has 1 heterocycles. The van der Waals surface area contributed by atoms with Crippen LogP contribution >= 0.6 is 0 Å². The Morgan fingerprint density at radius 3 is 2.83 bits per heavy atom. The zero-order valence-electron chi connectivity index (χ0n) is 15.4. The van der Waals surface area contributed by atoms with Gasteiger partial charge in [-0.05, 0) is 36.8 Å². The minimum Gasteiger partial charge on any atom is -0.469 e. The number of hydrogen-bond donors (Lipinski definition) is 2. The van der Waals surface area contributed by atoms with Crippen molar-refractivity contribution in [3.63, 3.8) is 0 Å². The first-order chi connectivity index (χ1) is 11.6. The molecule has 1 aliphatic rings. The number of methoxy groups -OCH3 is 1. The van der Waals surface area contributed by atoms with Crippen molar-refractivity contribution in [2.75, 3.05) is 26.8 Å². The summed E-state index contributed by atoms with van der Waals surface area (Å²) in [6, 6.07) is 4.50. The number of hydrogen-bond acceptors (Lipinski definition) is 3. The van der Waals surface area contributed by atoms with Crippen LogP contribution in [0, 0.1) is 5.41 Å². The van der Waals surface area contributed by atoms with Gasteiger partial charge in [0.05, 0.1) is 6.26 Å². The molecule has 1 saturated carbocycles. The first-order valence-electron chi connectivity index (χ1n) is 9.15. The van der Waals surface area contributed by atoms with Crippen LogP contribution in [-0.4, -0.2) is 38.8 Å². The van der Waals surface area contributed by atoms with Crippen LogP contribution in [-0.2, 0) is 11.2 Å². The number of aliphatic imine (C=N–C) groups is 1. The number of rotatable bonds is 9. The van der Waals surface area contributed by atoms with E-state index in [0.717, 1.165) is 44.3 Å². The Hall–Kier alpha value is -1.49. The highest BCUT2D eigenvalue weighted by Gasteiger charge is 2.19. The van der Waals surface area contributed by atoms with Gasteiger partial charge in [0, 0.05) is 39.3 Å². The predicted octanol–water partition coefficient (Wildman–Crippen LogP) is 3.36. The Bertz CT molecular complexity index is 477. The minimum absolute atomic E-state index is 0.140. The molecule has 24 heavy (non-hydrogen) atoms. The van der Waals surface area contributed by atoms with Crippen molar-refractivity contribution in [1.82, 2.24) is 10.6 Å². The van der Waals surface area contributed by atoms with Crippen LogP contribution in [0.5, 0.6) is 0 Å². The van der Waals surface area contributed by atoms with Crippen molar-refractivity contribution in [1.29, 1.82) is 0 Å². The van der Waals surface area contributed by atoms with Crippen LogP contribution in [0.15, 0.2) is 27.8 Å². The van der Waals surface area contributed by atoms with Gasteiger partial charge in [0.15, 0.2) is 5.96 Å². The molecular weight excluding hydrogens is 302 g/mol. The predicted molar refractivity (Wildman–Crippen MR) is 98.4 cm³/mol. The molecule has 2 N–H and O–H groups in total. The maximum absolute atomic E-state index is 5.39. The van der Waals surface area contributed by atoms with Crippen molar-refractivity contribution in [3.8, 4) is 0 Å². The molecule has 0 radical (unpaired) electrons. The molecule has 0 amide bonds. The highest BCUT2D eigenvalue weighted by molar-refractivity contribution is 5.80. The molecule has 0 bridgehead atoms. The van der Waals surface area contributed by atoms with Crippen molar-refractivity contribution >= 4 is 5.96 Å². The van der Waals surface area contributed by atoms with Gasteiger partial charge in [0.2, 0.25) is 0 Å². The Kier molecular flexibility index (Phi) is 7.63. The normalized spacial score (nSPS) is 16.5. The molecule has 0 aliphatic heterocycles. The third-order valence-electron chi connectivity index (χ3n) is 4.59. The van der Waals surface area contributed by atoms with Gasteiger partial charge in [-0.15, -0.1) is 0 Å². The van der Waals surface area contributed by atoms with E-state index >= 15 is 0 Å². The van der Waals surface area contributed by atoms with Gasteiger partial charge in [-0.25, -0.2) is 0 Å². The summed E-state index contributed by atoms with van der Waals surface area (Å²) in [5.74, 6) is 1.93. The Morgan fingerprint density at radius 2 is 2.17 bits per heavy atom. The van der Waals surface area contributed by atoms with E-state index in [1.807, 2.05) is 12.1 Å². The number of ether oxygens (including phenoxy) is 1. The van der Waals surface area contributed by atoms with Gasteiger partial charge in [-0.2, -0.15) is 0 Å². The van der Waals surface area contributed by atoms with E-state index in [0.29, 0.717) is 6.04 Å². The molecule has 0 unspecified atom stereocenters. The average Bonchev–Trinajstić information content (AvgIpc) is 3.24. The maximum Gasteiger partial charge on any atom is 0.191 e. The van der Waals surface area contributed by atoms with Gasteiger partial charge >= 0.3 is 0 Å². The highest BCUT2D eigenvalue weighted by Crippen LogP contribution is 2.21. The van der Waals surface area contributed by atoms with Gasteiger partial charge < -0.3 is 19.8 Å². The van der Waals surface area contributed by atoms with Crippen LogP contribution in [0.3, 0.4) is 0 Å². The lowest BCUT2D eigenvalue weighted by Crippen LogP contribution is -2.43. The van der Waals surface area contributed by atoms with Crippen molar-refractivity contribution in [2.45, 2.75) is 58.4 Å². The van der Waals surface area contributed by atoms with Gasteiger partial charge in [0.1, 0.15) is 5.76 Å². The summed E-state index contributed by atoms with van der Waals surface area (Å²) < 4.78 is 10.6. The zero-order valence-corrected chi connectivity index (χ0v) is 15.4. The third kappa shape index (κ3) is 6.95. The van der Waals surface area contributed by atoms with E-state index in [1.165, 1.54) is 25.7 Å². The van der Waals surface area contributed by atoms with Crippen LogP contribution in [0.2, 0.25) is 0 Å². The van der Waals surface area contributed by atoms with Crippen LogP contribution in [0.1, 0.15) is 51.7 Å². The largest absolute Gasteiger partial charge is 0.469 e. The molecule has 0 aromatic carbocycles. The topological polar surface area (TPSA) is 58.8 Å². The second-order valence-electron chi connectivity index (χ2n) is 7.45. The van der Waals surface area contributed by atoms with E-state index in [2.05, 4.69) is 24.5 Å². The van der Waals surface area contributed by atoms with Crippen LogP contribution < -0.4 is 10.6 Å². The third-order valence-corrected chi connectivity index (χ3v) is 4.59. The Morgan fingerprint density at radius 1 is 1.38 bits per heavy atom. The van der Waals surface area contributed by atoms with Gasteiger partial charge in [0.25, 0.3) is 0 Å². The molecule has 1 aromatic heterocycles. The van der Waals surface area contributed by atoms with Crippen molar-refractivity contribution in [3.05, 3.63) is 24.2 Å². The fourth-order valence-electron chi connectivity index (χ4n) is 2.93. The monoisotopic (exact) mass is 335 g/mol. The fraction of sp³-hybridized carbons (Fsp3) is 0.737. The van der Waals surface area contributed by atoms with Crippen molar-refractivity contribution in [2.24, 2.45) is 10.4 Å². The van der Waals surface area contributed by atoms with E-state index in [4.69, 9.17) is 14.1 Å². The maximum atomic E-state index is 5.39. The molecule has 0 saturated heterocycles. The molecule has 0 spiro atoms. The second-order valence-corrected chi connectivity index (χ2v) is 7.45. The van der Waals surface area contributed by atoms with Crippen molar-refractivity contribution < 1.29 is 9.15 Å². The second kappa shape index (κ2) is 9.72. The molecule has 5 nitrogen and oxygen atoms in total. The van der Waals surface area contributed by atoms with Crippen LogP contribution in [0.25, 0.3) is 0 Å². The molecule has 1 aromatic rings. The lowest BCUT2D eigenvalue weighted by Gasteiger charge is -2.23. The molecule has 2 rings (SSSR count). The van der Waals surface area contributed by atoms with E-state index in [-0.39, 0.29) is 5.41 Å². The lowest BCUT2D eigenvalue weighted by atomic mass is 9.90. The Labute approximate surface area is 146 Å². The molecule has 1 fully saturated rings. The molecule has 0 atom stereocenters. The average molecular weight is 335 g/mol. The summed E-state index contributed by atoms with van der Waals surface area (Å²) in [4.78, 5) is 4.84. The fourth-order valence-corrected chi connectivity index (χ4v) is 2.93. The zero-order chi connectivity index (χ0) is 17.3. The number of guanidine groups is 1. The summed E-state index contributed by atoms with van der Waals surface area (Å²) in [6.45, 7) is 6.88. The van der Waals surface area contributed by atoms with E-state index in [9.17, 15) is 0 Å². The molecular formula is C19H33N3O2. The molecule has 136 valence electrons. The Balaban J connectivity index is 1.86. The first kappa shape index (κ1) is 18.8. The SMILES string of the molecule is COCCC(C)(C)CN=C(NCCc1ccco1)NC1CCCC1. The molecule has 5 heteroatoms. The summed E-state index contributed by atoms with van der Waals surface area (Å²) >= 11 is 0. The number of nitrogens with zero attached hydrogens (tertiary/aromatic N) is 1. The van der Waals surface area contributed by atoms with Crippen LogP contribution in [0.4, 0.5) is 0 Å². The summed E-state index contributed by atoms with van der Waals surface area (Å²) in [6.07, 6.45) is 8.71. The number of nitrogens with one attached hydrogen (secondary N) is 2. The van der Waals surface area contributed by atoms with Gasteiger partial charge in [-0.1, -0.05) is 26.7 Å². The highest BCUT2D eigenvalue weighted by atomic mass is 16.5. The smallest absolute Gasteiger partial charge is 0.191 e. The summed E-state index contributed by atoms with van der Waals surface area (Å²) in [7, 11) is 1.75. The summed E-state index contributed by atoms with van der Waals surface area (Å²) in [5, 5.41) is 7.06. The van der Waals surface area contributed by atoms with E-state index < -0.39 is 0 Å². The quantitative estimate of drug-likeness (QED) is 0.537. The standard InChI is InChI=1S/C19H33N3O2/c1-19(2,11-14-23-3)15-21-18(22-16-7-4-5-8-16)20-12-10-17-9-6-13-24-17/h6,9,13,16H,4-5,7-8,10-12,14-15H2,1-3H3,(H2,20,21,22).